The number of carbonyl (C=O) groups excluding carboxylic acids is 1. The predicted molar refractivity (Wildman–Crippen MR) is 157 cm³/mol. The fourth-order valence-corrected chi connectivity index (χ4v) is 11.2. The van der Waals surface area contributed by atoms with E-state index >= 15 is 0 Å². The minimum absolute atomic E-state index is 0.0149. The van der Waals surface area contributed by atoms with Crippen molar-refractivity contribution >= 4 is 5.91 Å². The zero-order valence-corrected chi connectivity index (χ0v) is 26.2. The standard InChI is InChI=1S/C34H58N2O2/c1-29(2)16-18-34(28(38)35-20-21-36(8)9)19-17-32(6)23(24(34)22-29)10-11-26-31(5)14-13-27(37)30(3,4)25(31)12-15-33(26,32)7/h10,24-27,37H,11-22H2,1-9H3,(H,35,38)/t24?,25-,26+,27-,31-,32+,33+,34-/m0/s1. The Kier molecular flexibility index (Phi) is 6.84. The lowest BCUT2D eigenvalue weighted by Gasteiger charge is -2.71. The molecule has 0 bridgehead atoms. The molecule has 5 rings (SSSR count). The third kappa shape index (κ3) is 3.92. The van der Waals surface area contributed by atoms with Crippen molar-refractivity contribution in [2.45, 2.75) is 119 Å². The van der Waals surface area contributed by atoms with Crippen LogP contribution in [0.2, 0.25) is 0 Å². The Morgan fingerprint density at radius 2 is 1.63 bits per heavy atom. The van der Waals surface area contributed by atoms with Gasteiger partial charge in [0.15, 0.2) is 0 Å². The zero-order valence-electron chi connectivity index (χ0n) is 26.2. The summed E-state index contributed by atoms with van der Waals surface area (Å²) in [7, 11) is 4.16. The summed E-state index contributed by atoms with van der Waals surface area (Å²) in [4.78, 5) is 16.2. The summed E-state index contributed by atoms with van der Waals surface area (Å²) < 4.78 is 0. The number of fused-ring (bicyclic) bond motifs is 7. The van der Waals surface area contributed by atoms with Gasteiger partial charge in [-0.3, -0.25) is 4.79 Å². The fraction of sp³-hybridized carbons (Fsp3) is 0.912. The van der Waals surface area contributed by atoms with Crippen LogP contribution in [-0.4, -0.2) is 49.2 Å². The van der Waals surface area contributed by atoms with E-state index in [1.54, 1.807) is 5.57 Å². The Labute approximate surface area is 233 Å². The normalized spacial score (nSPS) is 47.2. The van der Waals surface area contributed by atoms with Crippen LogP contribution >= 0.6 is 0 Å². The maximum Gasteiger partial charge on any atom is 0.226 e. The molecule has 4 heteroatoms. The minimum Gasteiger partial charge on any atom is -0.393 e. The zero-order chi connectivity index (χ0) is 27.9. The highest BCUT2D eigenvalue weighted by atomic mass is 16.3. The van der Waals surface area contributed by atoms with Gasteiger partial charge >= 0.3 is 0 Å². The summed E-state index contributed by atoms with van der Waals surface area (Å²) in [5, 5.41) is 14.4. The summed E-state index contributed by atoms with van der Waals surface area (Å²) in [6, 6.07) is 0. The van der Waals surface area contributed by atoms with Crippen LogP contribution < -0.4 is 5.32 Å². The molecule has 38 heavy (non-hydrogen) atoms. The molecule has 0 saturated heterocycles. The number of amides is 1. The van der Waals surface area contributed by atoms with Gasteiger partial charge in [-0.15, -0.1) is 0 Å². The maximum atomic E-state index is 14.0. The van der Waals surface area contributed by atoms with E-state index in [2.05, 4.69) is 78.9 Å². The number of rotatable bonds is 4. The van der Waals surface area contributed by atoms with Gasteiger partial charge in [0.05, 0.1) is 11.5 Å². The third-order valence-corrected chi connectivity index (χ3v) is 13.9. The Morgan fingerprint density at radius 1 is 0.947 bits per heavy atom. The molecule has 4 nitrogen and oxygen atoms in total. The first-order valence-corrected chi connectivity index (χ1v) is 15.9. The minimum atomic E-state index is -0.242. The SMILES string of the molecule is CN(C)CCNC(=O)[C@]12CCC(C)(C)CC1C1=CC[C@@H]3[C@@]4(C)CC[C@H](O)C(C)(C)[C@@H]4CC[C@@]3(C)[C@]1(C)CC2. The summed E-state index contributed by atoms with van der Waals surface area (Å²) in [5.74, 6) is 1.91. The van der Waals surface area contributed by atoms with Crippen LogP contribution in [0.3, 0.4) is 0 Å². The molecule has 0 heterocycles. The Bertz CT molecular complexity index is 983. The first kappa shape index (κ1) is 28.7. The van der Waals surface area contributed by atoms with Crippen LogP contribution in [0.1, 0.15) is 113 Å². The largest absolute Gasteiger partial charge is 0.393 e. The second kappa shape index (κ2) is 9.07. The first-order chi connectivity index (χ1) is 17.5. The van der Waals surface area contributed by atoms with Crippen LogP contribution in [0.15, 0.2) is 11.6 Å². The van der Waals surface area contributed by atoms with Gasteiger partial charge in [0, 0.05) is 13.1 Å². The van der Waals surface area contributed by atoms with Crippen LogP contribution in [0.5, 0.6) is 0 Å². The van der Waals surface area contributed by atoms with E-state index in [1.165, 1.54) is 12.8 Å². The maximum absolute atomic E-state index is 14.0. The van der Waals surface area contributed by atoms with Gasteiger partial charge in [-0.1, -0.05) is 60.1 Å². The molecule has 4 fully saturated rings. The number of likely N-dealkylation sites (N-methyl/N-ethyl adjacent to an activating group) is 1. The van der Waals surface area contributed by atoms with Gasteiger partial charge < -0.3 is 15.3 Å². The molecule has 0 radical (unpaired) electrons. The van der Waals surface area contributed by atoms with Crippen molar-refractivity contribution in [3.63, 3.8) is 0 Å². The summed E-state index contributed by atoms with van der Waals surface area (Å²) in [5.41, 5.74) is 2.33. The van der Waals surface area contributed by atoms with Gasteiger partial charge in [-0.2, -0.15) is 0 Å². The molecule has 8 atom stereocenters. The van der Waals surface area contributed by atoms with Crippen LogP contribution in [0.25, 0.3) is 0 Å². The van der Waals surface area contributed by atoms with Gasteiger partial charge in [0.2, 0.25) is 5.91 Å². The van der Waals surface area contributed by atoms with Crippen molar-refractivity contribution in [2.75, 3.05) is 27.2 Å². The molecule has 5 aliphatic carbocycles. The van der Waals surface area contributed by atoms with E-state index in [4.69, 9.17) is 0 Å². The first-order valence-electron chi connectivity index (χ1n) is 15.9. The van der Waals surface area contributed by atoms with Crippen molar-refractivity contribution < 1.29 is 9.90 Å². The molecule has 1 unspecified atom stereocenters. The predicted octanol–water partition coefficient (Wildman–Crippen LogP) is 6.83. The topological polar surface area (TPSA) is 52.6 Å². The Balaban J connectivity index is 1.53. The summed E-state index contributed by atoms with van der Waals surface area (Å²) in [6.45, 7) is 19.0. The van der Waals surface area contributed by atoms with Crippen molar-refractivity contribution in [3.05, 3.63) is 11.6 Å². The molecule has 2 N–H and O–H groups in total. The summed E-state index contributed by atoms with van der Waals surface area (Å²) in [6.07, 6.45) is 13.7. The summed E-state index contributed by atoms with van der Waals surface area (Å²) >= 11 is 0. The highest BCUT2D eigenvalue weighted by molar-refractivity contribution is 5.84. The highest BCUT2D eigenvalue weighted by Crippen LogP contribution is 2.75. The van der Waals surface area contributed by atoms with Crippen molar-refractivity contribution in [2.24, 2.45) is 50.2 Å². The molecule has 0 spiro atoms. The second-order valence-electron chi connectivity index (χ2n) is 16.8. The van der Waals surface area contributed by atoms with Gasteiger partial charge in [-0.25, -0.2) is 0 Å². The Morgan fingerprint density at radius 3 is 2.32 bits per heavy atom. The monoisotopic (exact) mass is 526 g/mol. The Hall–Kier alpha value is -0.870. The number of nitrogens with zero attached hydrogens (tertiary/aromatic N) is 1. The lowest BCUT2D eigenvalue weighted by atomic mass is 9.33. The average molecular weight is 527 g/mol. The number of aliphatic hydroxyl groups is 1. The van der Waals surface area contributed by atoms with Gasteiger partial charge in [-0.05, 0) is 123 Å². The van der Waals surface area contributed by atoms with E-state index < -0.39 is 0 Å². The number of carbonyl (C=O) groups is 1. The molecule has 1 amide bonds. The van der Waals surface area contributed by atoms with E-state index in [-0.39, 0.29) is 38.6 Å². The molecule has 0 aliphatic heterocycles. The lowest BCUT2D eigenvalue weighted by Crippen LogP contribution is -2.65. The van der Waals surface area contributed by atoms with Crippen molar-refractivity contribution in [1.29, 1.82) is 0 Å². The number of hydrogen-bond acceptors (Lipinski definition) is 3. The van der Waals surface area contributed by atoms with E-state index in [0.29, 0.717) is 23.7 Å². The molecular weight excluding hydrogens is 468 g/mol. The van der Waals surface area contributed by atoms with Crippen molar-refractivity contribution in [3.8, 4) is 0 Å². The molecule has 216 valence electrons. The lowest BCUT2D eigenvalue weighted by molar-refractivity contribution is -0.203. The molecular formula is C34H58N2O2. The smallest absolute Gasteiger partial charge is 0.226 e. The molecule has 0 aromatic rings. The second-order valence-corrected chi connectivity index (χ2v) is 16.8. The molecule has 4 saturated carbocycles. The van der Waals surface area contributed by atoms with Crippen LogP contribution in [0.4, 0.5) is 0 Å². The third-order valence-electron chi connectivity index (χ3n) is 13.9. The van der Waals surface area contributed by atoms with E-state index in [9.17, 15) is 9.90 Å². The van der Waals surface area contributed by atoms with E-state index in [1.807, 2.05) is 0 Å². The number of hydrogen-bond donors (Lipinski definition) is 2. The molecule has 0 aromatic carbocycles. The van der Waals surface area contributed by atoms with Crippen LogP contribution in [-0.2, 0) is 4.79 Å². The van der Waals surface area contributed by atoms with Crippen LogP contribution in [0, 0.1) is 50.2 Å². The fourth-order valence-electron chi connectivity index (χ4n) is 11.2. The molecule has 0 aromatic heterocycles. The highest BCUT2D eigenvalue weighted by Gasteiger charge is 2.69. The van der Waals surface area contributed by atoms with Gasteiger partial charge in [0.1, 0.15) is 0 Å². The van der Waals surface area contributed by atoms with Gasteiger partial charge in [0.25, 0.3) is 0 Å². The van der Waals surface area contributed by atoms with E-state index in [0.717, 1.165) is 64.5 Å². The number of allylic oxidation sites excluding steroid dienone is 2. The molecule has 5 aliphatic rings. The number of nitrogens with one attached hydrogen (secondary N) is 1. The number of aliphatic hydroxyl groups excluding tert-OH is 1. The quantitative estimate of drug-likeness (QED) is 0.395. The van der Waals surface area contributed by atoms with Crippen molar-refractivity contribution in [1.82, 2.24) is 10.2 Å². The average Bonchev–Trinajstić information content (AvgIpc) is 2.81.